The van der Waals surface area contributed by atoms with Crippen LogP contribution in [0, 0.1) is 23.6 Å². The molecule has 4 fully saturated rings. The molecule has 0 radical (unpaired) electrons. The molecule has 3 saturated heterocycles. The minimum Gasteiger partial charge on any atom is -0.343 e. The van der Waals surface area contributed by atoms with E-state index in [1.54, 1.807) is 43.0 Å². The van der Waals surface area contributed by atoms with Gasteiger partial charge >= 0.3 is 6.18 Å². The number of nitrogens with zero attached hydrogens (tertiary/aromatic N) is 9. The van der Waals surface area contributed by atoms with Crippen molar-refractivity contribution in [1.82, 2.24) is 60.0 Å². The molecule has 3 N–H and O–H groups in total. The fourth-order valence-electron chi connectivity index (χ4n) is 14.0. The molecule has 12 amide bonds. The van der Waals surface area contributed by atoms with Crippen LogP contribution in [0.15, 0.2) is 42.5 Å². The number of nitrogens with one attached hydrogen (secondary N) is 3. The lowest BCUT2D eigenvalue weighted by Crippen LogP contribution is -2.64. The zero-order valence-corrected chi connectivity index (χ0v) is 61.6. The first-order chi connectivity index (χ1) is 47.4. The Labute approximate surface area is 596 Å². The number of piperidine rings is 1. The number of alkyl halides is 3. The van der Waals surface area contributed by atoms with E-state index < -0.39 is 168 Å². The molecule has 29 heteroatoms. The van der Waals surface area contributed by atoms with Gasteiger partial charge < -0.3 is 60.0 Å². The molecule has 1 saturated carbocycles. The molecule has 0 unspecified atom stereocenters. The van der Waals surface area contributed by atoms with Crippen LogP contribution in [0.25, 0.3) is 0 Å². The van der Waals surface area contributed by atoms with Gasteiger partial charge in [0.05, 0.1) is 31.6 Å². The second kappa shape index (κ2) is 36.3. The van der Waals surface area contributed by atoms with Crippen molar-refractivity contribution < 1.29 is 75.1 Å². The van der Waals surface area contributed by atoms with E-state index >= 15 is 28.4 Å². The van der Waals surface area contributed by atoms with E-state index in [9.17, 15) is 46.7 Å². The number of likely N-dealkylation sites (tertiary alicyclic amines) is 1. The molecule has 3 aliphatic heterocycles. The highest BCUT2D eigenvalue weighted by atomic mass is 35.5. The summed E-state index contributed by atoms with van der Waals surface area (Å²) in [4.78, 5) is 190. The number of likely N-dealkylation sites (N-methyl/N-ethyl adjacent to an activating group) is 7. The summed E-state index contributed by atoms with van der Waals surface area (Å²) in [5.74, 6) is -11.0. The molecule has 8 atom stereocenters. The smallest absolute Gasteiger partial charge is 0.343 e. The van der Waals surface area contributed by atoms with Gasteiger partial charge in [-0.15, -0.1) is 0 Å². The van der Waals surface area contributed by atoms with Gasteiger partial charge in [0.15, 0.2) is 0 Å². The van der Waals surface area contributed by atoms with E-state index in [0.29, 0.717) is 67.9 Å². The van der Waals surface area contributed by atoms with E-state index in [-0.39, 0.29) is 88.3 Å². The normalized spacial score (nSPS) is 24.6. The lowest BCUT2D eigenvalue weighted by atomic mass is 9.92. The third kappa shape index (κ3) is 21.1. The van der Waals surface area contributed by atoms with Gasteiger partial charge in [0.1, 0.15) is 53.6 Å². The molecule has 1 spiro atoms. The predicted octanol–water partition coefficient (Wildman–Crippen LogP) is 5.69. The maximum atomic E-state index is 15.5. The van der Waals surface area contributed by atoms with Crippen molar-refractivity contribution in [2.24, 2.45) is 17.8 Å². The predicted molar refractivity (Wildman–Crippen MR) is 370 cm³/mol. The van der Waals surface area contributed by atoms with Gasteiger partial charge in [0.2, 0.25) is 70.9 Å². The fraction of sp³-hybridized carbons (Fsp3) is 0.667. The monoisotopic (exact) mass is 1440 g/mol. The first-order valence-corrected chi connectivity index (χ1v) is 35.8. The zero-order chi connectivity index (χ0) is 75.1. The highest BCUT2D eigenvalue weighted by Crippen LogP contribution is 2.35. The molecule has 0 bridgehead atoms. The Hall–Kier alpha value is -7.91. The molecular weight excluding hydrogens is 1340 g/mol. The second-order valence-corrected chi connectivity index (χ2v) is 29.2. The summed E-state index contributed by atoms with van der Waals surface area (Å²) in [7, 11) is 8.24. The summed E-state index contributed by atoms with van der Waals surface area (Å²) < 4.78 is 56.2. The van der Waals surface area contributed by atoms with Crippen LogP contribution < -0.4 is 16.0 Å². The Morgan fingerprint density at radius 1 is 0.624 bits per heavy atom. The largest absolute Gasteiger partial charge is 0.419 e. The Morgan fingerprint density at radius 2 is 1.22 bits per heavy atom. The van der Waals surface area contributed by atoms with Gasteiger partial charge in [-0.25, -0.2) is 4.39 Å². The minimum absolute atomic E-state index is 0.0303. The van der Waals surface area contributed by atoms with E-state index in [2.05, 4.69) is 16.0 Å². The highest BCUT2D eigenvalue weighted by Gasteiger charge is 2.50. The van der Waals surface area contributed by atoms with Gasteiger partial charge in [-0.2, -0.15) is 13.2 Å². The standard InChI is InChI=1S/C72H105ClF4N12O12/c1-14-46(7)62-69(100)83(10)42-60(92)81(8)43-61(93)88(15-2)57(39-48-23-27-49(73)28-24-48)66(97)82(9)41-58(90)78-52(30-26-47-25-29-50(51(74)38-47)72(75,76)77)65(96)89-35-21-22-53(89)64(95)80-71(31-17-18-32-71)70(101)86(13)55(37-45(5)6)67(98)85(12)56(68(99)87-33-19-16-20-34-87)40-59(91)84(11)54(36-44(3)4)63(94)79-62/h23-25,27-29,38,44-46,52-57,62H,14-22,26,30-37,39-43H2,1-13H3,(H,78,90)(H,79,94)(H,80,95)/t46-,52-,53-,54-,55-,56-,57-,62-/m0/s1. The molecule has 3 heterocycles. The van der Waals surface area contributed by atoms with Gasteiger partial charge in [0, 0.05) is 79.9 Å². The number of carbonyl (C=O) groups is 12. The summed E-state index contributed by atoms with van der Waals surface area (Å²) in [6.07, 6.45) is -2.04. The highest BCUT2D eigenvalue weighted by molar-refractivity contribution is 6.30. The Balaban J connectivity index is 1.45. The van der Waals surface area contributed by atoms with Crippen LogP contribution in [0.5, 0.6) is 0 Å². The van der Waals surface area contributed by atoms with Gasteiger partial charge in [-0.1, -0.05) is 90.6 Å². The van der Waals surface area contributed by atoms with Crippen molar-refractivity contribution in [3.05, 3.63) is 70.0 Å². The Morgan fingerprint density at radius 3 is 1.80 bits per heavy atom. The van der Waals surface area contributed by atoms with Gasteiger partial charge in [-0.05, 0) is 131 Å². The van der Waals surface area contributed by atoms with Crippen LogP contribution >= 0.6 is 11.6 Å². The van der Waals surface area contributed by atoms with Gasteiger partial charge in [0.25, 0.3) is 0 Å². The molecular formula is C72H105ClF4N12O12. The summed E-state index contributed by atoms with van der Waals surface area (Å²) in [6, 6.07) is -0.570. The summed E-state index contributed by atoms with van der Waals surface area (Å²) in [5.41, 5.74) is -2.56. The van der Waals surface area contributed by atoms with E-state index in [0.717, 1.165) is 27.2 Å². The van der Waals surface area contributed by atoms with E-state index in [1.165, 1.54) is 66.8 Å². The lowest BCUT2D eigenvalue weighted by Gasteiger charge is -2.41. The number of rotatable bonds is 13. The first kappa shape index (κ1) is 82.0. The molecule has 2 aromatic carbocycles. The Kier molecular flexibility index (Phi) is 29.5. The first-order valence-electron chi connectivity index (χ1n) is 35.4. The molecule has 560 valence electrons. The van der Waals surface area contributed by atoms with Crippen molar-refractivity contribution in [3.63, 3.8) is 0 Å². The quantitative estimate of drug-likeness (QED) is 0.204. The lowest BCUT2D eigenvalue weighted by molar-refractivity contribution is -0.155. The van der Waals surface area contributed by atoms with Crippen LogP contribution in [-0.2, 0) is 76.6 Å². The van der Waals surface area contributed by atoms with Crippen molar-refractivity contribution >= 4 is 82.5 Å². The van der Waals surface area contributed by atoms with Crippen LogP contribution in [0.4, 0.5) is 17.6 Å². The third-order valence-electron chi connectivity index (χ3n) is 20.3. The molecule has 24 nitrogen and oxygen atoms in total. The summed E-state index contributed by atoms with van der Waals surface area (Å²) in [6.45, 7) is 11.2. The molecule has 4 aliphatic rings. The maximum Gasteiger partial charge on any atom is 0.419 e. The van der Waals surface area contributed by atoms with Crippen LogP contribution in [0.1, 0.15) is 155 Å². The number of benzene rings is 2. The zero-order valence-electron chi connectivity index (χ0n) is 60.9. The van der Waals surface area contributed by atoms with Crippen LogP contribution in [0.3, 0.4) is 0 Å². The Bertz CT molecular complexity index is 3310. The molecule has 101 heavy (non-hydrogen) atoms. The molecule has 0 aromatic heterocycles. The number of fused-ring (bicyclic) bond motifs is 1. The molecule has 6 rings (SSSR count). The minimum atomic E-state index is -5.02. The van der Waals surface area contributed by atoms with Crippen molar-refractivity contribution in [2.75, 3.05) is 88.1 Å². The van der Waals surface area contributed by atoms with E-state index in [4.69, 9.17) is 11.6 Å². The SMILES string of the molecule is CC[C@H](C)[C@@H]1NC(=O)[C@H](CC(C)C)N(C)C(=O)C[C@@H](C(=O)N2CCCCC2)N(C)C(=O)[C@H](CC(C)C)N(C)C(=O)C2(CCCC2)NC(=O)[C@@H]2CCCN2C(=O)[C@H](CCc2ccc(C(F)(F)F)c(F)c2)NC(=O)CN(C)C(=O)[C@H](Cc2ccc(Cl)cc2)N(CC)C(=O)CN(C)C(=O)CN(C)C1=O. The number of amides is 12. The number of aryl methyl sites for hydroxylation is 1. The topological polar surface area (TPSA) is 270 Å². The summed E-state index contributed by atoms with van der Waals surface area (Å²) >= 11 is 6.25. The molecule has 2 aromatic rings. The number of carbonyl (C=O) groups excluding carboxylic acids is 12. The van der Waals surface area contributed by atoms with Crippen LogP contribution in [0.2, 0.25) is 5.02 Å². The van der Waals surface area contributed by atoms with Gasteiger partial charge in [-0.3, -0.25) is 57.5 Å². The maximum absolute atomic E-state index is 15.5. The number of halogens is 5. The van der Waals surface area contributed by atoms with Crippen molar-refractivity contribution in [3.8, 4) is 0 Å². The fourth-order valence-corrected chi connectivity index (χ4v) is 14.1. The van der Waals surface area contributed by atoms with Crippen molar-refractivity contribution in [1.29, 1.82) is 0 Å². The average Bonchev–Trinajstić information content (AvgIpc) is 1.74. The third-order valence-corrected chi connectivity index (χ3v) is 20.5. The van der Waals surface area contributed by atoms with E-state index in [1.807, 2.05) is 34.6 Å². The number of hydrogen-bond acceptors (Lipinski definition) is 12. The second-order valence-electron chi connectivity index (χ2n) is 28.7. The summed E-state index contributed by atoms with van der Waals surface area (Å²) in [5, 5.41) is 8.93. The number of hydrogen-bond donors (Lipinski definition) is 3. The van der Waals surface area contributed by atoms with Crippen LogP contribution in [-0.4, -0.2) is 251 Å². The molecule has 1 aliphatic carbocycles. The van der Waals surface area contributed by atoms with Crippen molar-refractivity contribution in [2.45, 2.75) is 205 Å². The average molecular weight is 1440 g/mol.